The van der Waals surface area contributed by atoms with Gasteiger partial charge in [-0.2, -0.15) is 0 Å². The summed E-state index contributed by atoms with van der Waals surface area (Å²) in [5.74, 6) is 0.883. The molecule has 108 valence electrons. The van der Waals surface area contributed by atoms with Gasteiger partial charge in [-0.05, 0) is 24.1 Å². The quantitative estimate of drug-likeness (QED) is 0.742. The number of benzene rings is 1. The zero-order valence-electron chi connectivity index (χ0n) is 12.6. The molecule has 3 nitrogen and oxygen atoms in total. The third-order valence-corrected chi connectivity index (χ3v) is 2.98. The minimum absolute atomic E-state index is 0.276. The lowest BCUT2D eigenvalue weighted by atomic mass is 10.2. The number of rotatable bonds is 9. The van der Waals surface area contributed by atoms with Gasteiger partial charge in [0, 0.05) is 12.6 Å². The molecule has 1 aromatic carbocycles. The van der Waals surface area contributed by atoms with Gasteiger partial charge in [-0.25, -0.2) is 0 Å². The molecule has 0 spiro atoms. The second kappa shape index (κ2) is 8.94. The highest BCUT2D eigenvalue weighted by molar-refractivity contribution is 5.27. The topological polar surface area (TPSA) is 30.5 Å². The molecule has 1 unspecified atom stereocenters. The number of methoxy groups -OCH3 is 1. The molecule has 0 aliphatic rings. The lowest BCUT2D eigenvalue weighted by Gasteiger charge is -2.19. The van der Waals surface area contributed by atoms with E-state index in [9.17, 15) is 0 Å². The van der Waals surface area contributed by atoms with Crippen LogP contribution in [0.5, 0.6) is 5.75 Å². The van der Waals surface area contributed by atoms with Crippen molar-refractivity contribution in [1.29, 1.82) is 0 Å². The van der Waals surface area contributed by atoms with E-state index in [2.05, 4.69) is 32.2 Å². The standard InChI is InChI=1S/C16H27NO2/c1-5-7-16(11-17-13(2)3)19-12-14-8-6-9-15(10-14)18-4/h6,8-10,13,16-17H,5,7,11-12H2,1-4H3. The van der Waals surface area contributed by atoms with Gasteiger partial charge < -0.3 is 14.8 Å². The Labute approximate surface area is 117 Å². The van der Waals surface area contributed by atoms with Crippen LogP contribution in [-0.2, 0) is 11.3 Å². The predicted molar refractivity (Wildman–Crippen MR) is 79.6 cm³/mol. The second-order valence-corrected chi connectivity index (χ2v) is 5.14. The fourth-order valence-electron chi connectivity index (χ4n) is 1.91. The molecule has 0 bridgehead atoms. The fraction of sp³-hybridized carbons (Fsp3) is 0.625. The van der Waals surface area contributed by atoms with Crippen LogP contribution in [0.1, 0.15) is 39.2 Å². The van der Waals surface area contributed by atoms with Crippen LogP contribution in [0.2, 0.25) is 0 Å². The normalized spacial score (nSPS) is 12.7. The molecule has 0 saturated heterocycles. The molecule has 1 N–H and O–H groups in total. The van der Waals surface area contributed by atoms with Crippen molar-refractivity contribution in [3.05, 3.63) is 29.8 Å². The van der Waals surface area contributed by atoms with Crippen molar-refractivity contribution in [1.82, 2.24) is 5.32 Å². The molecular formula is C16H27NO2. The molecule has 1 atom stereocenters. The van der Waals surface area contributed by atoms with Crippen LogP contribution in [0.25, 0.3) is 0 Å². The maximum absolute atomic E-state index is 6.00. The Morgan fingerprint density at radius 2 is 2.05 bits per heavy atom. The summed E-state index contributed by atoms with van der Waals surface area (Å²) in [6.07, 6.45) is 2.50. The molecule has 1 rings (SSSR count). The van der Waals surface area contributed by atoms with E-state index in [4.69, 9.17) is 9.47 Å². The summed E-state index contributed by atoms with van der Waals surface area (Å²) >= 11 is 0. The first-order valence-electron chi connectivity index (χ1n) is 7.13. The minimum Gasteiger partial charge on any atom is -0.497 e. The van der Waals surface area contributed by atoms with E-state index in [0.29, 0.717) is 12.6 Å². The average Bonchev–Trinajstić information content (AvgIpc) is 2.42. The maximum Gasteiger partial charge on any atom is 0.119 e. The average molecular weight is 265 g/mol. The van der Waals surface area contributed by atoms with Gasteiger partial charge in [0.05, 0.1) is 19.8 Å². The van der Waals surface area contributed by atoms with E-state index < -0.39 is 0 Å². The van der Waals surface area contributed by atoms with Gasteiger partial charge in [-0.1, -0.05) is 39.3 Å². The Bertz CT molecular complexity index is 352. The van der Waals surface area contributed by atoms with Crippen LogP contribution in [0.4, 0.5) is 0 Å². The number of ether oxygens (including phenoxy) is 2. The van der Waals surface area contributed by atoms with E-state index >= 15 is 0 Å². The Hall–Kier alpha value is -1.06. The van der Waals surface area contributed by atoms with E-state index in [1.54, 1.807) is 7.11 Å². The molecule has 1 aromatic rings. The monoisotopic (exact) mass is 265 g/mol. The third kappa shape index (κ3) is 6.60. The zero-order valence-corrected chi connectivity index (χ0v) is 12.6. The summed E-state index contributed by atoms with van der Waals surface area (Å²) in [5, 5.41) is 3.44. The highest BCUT2D eigenvalue weighted by Gasteiger charge is 2.09. The van der Waals surface area contributed by atoms with Crippen molar-refractivity contribution in [2.24, 2.45) is 0 Å². The number of hydrogen-bond acceptors (Lipinski definition) is 3. The Morgan fingerprint density at radius 1 is 1.26 bits per heavy atom. The van der Waals surface area contributed by atoms with Gasteiger partial charge >= 0.3 is 0 Å². The Balaban J connectivity index is 2.45. The van der Waals surface area contributed by atoms with Crippen molar-refractivity contribution in [3.63, 3.8) is 0 Å². The lowest BCUT2D eigenvalue weighted by Crippen LogP contribution is -2.33. The molecule has 0 radical (unpaired) electrons. The first-order chi connectivity index (χ1) is 9.15. The third-order valence-electron chi connectivity index (χ3n) is 2.98. The summed E-state index contributed by atoms with van der Waals surface area (Å²) in [5.41, 5.74) is 1.16. The number of hydrogen-bond donors (Lipinski definition) is 1. The first-order valence-corrected chi connectivity index (χ1v) is 7.13. The lowest BCUT2D eigenvalue weighted by molar-refractivity contribution is 0.0336. The summed E-state index contributed by atoms with van der Waals surface area (Å²) < 4.78 is 11.2. The highest BCUT2D eigenvalue weighted by Crippen LogP contribution is 2.14. The molecule has 0 fully saturated rings. The van der Waals surface area contributed by atoms with Crippen LogP contribution >= 0.6 is 0 Å². The molecule has 19 heavy (non-hydrogen) atoms. The van der Waals surface area contributed by atoms with Crippen molar-refractivity contribution in [2.75, 3.05) is 13.7 Å². The minimum atomic E-state index is 0.276. The molecule has 0 aliphatic heterocycles. The Kier molecular flexibility index (Phi) is 7.53. The summed E-state index contributed by atoms with van der Waals surface area (Å²) in [6, 6.07) is 8.55. The van der Waals surface area contributed by atoms with Gasteiger partial charge in [0.1, 0.15) is 5.75 Å². The van der Waals surface area contributed by atoms with E-state index in [-0.39, 0.29) is 6.10 Å². The molecular weight excluding hydrogens is 238 g/mol. The molecule has 0 aromatic heterocycles. The zero-order chi connectivity index (χ0) is 14.1. The van der Waals surface area contributed by atoms with Crippen LogP contribution in [0, 0.1) is 0 Å². The SMILES string of the molecule is CCCC(CNC(C)C)OCc1cccc(OC)c1. The Morgan fingerprint density at radius 3 is 2.68 bits per heavy atom. The van der Waals surface area contributed by atoms with Crippen LogP contribution in [-0.4, -0.2) is 25.8 Å². The van der Waals surface area contributed by atoms with E-state index in [1.807, 2.05) is 18.2 Å². The summed E-state index contributed by atoms with van der Waals surface area (Å²) in [7, 11) is 1.69. The smallest absolute Gasteiger partial charge is 0.119 e. The van der Waals surface area contributed by atoms with Gasteiger partial charge in [0.2, 0.25) is 0 Å². The van der Waals surface area contributed by atoms with Crippen molar-refractivity contribution in [2.45, 2.75) is 52.4 Å². The van der Waals surface area contributed by atoms with Crippen molar-refractivity contribution < 1.29 is 9.47 Å². The van der Waals surface area contributed by atoms with Crippen molar-refractivity contribution in [3.8, 4) is 5.75 Å². The van der Waals surface area contributed by atoms with Crippen LogP contribution < -0.4 is 10.1 Å². The van der Waals surface area contributed by atoms with E-state index in [1.165, 1.54) is 0 Å². The molecule has 0 aliphatic carbocycles. The van der Waals surface area contributed by atoms with Crippen LogP contribution in [0.3, 0.4) is 0 Å². The molecule has 0 saturated carbocycles. The van der Waals surface area contributed by atoms with Gasteiger partial charge in [0.15, 0.2) is 0 Å². The van der Waals surface area contributed by atoms with Crippen LogP contribution in [0.15, 0.2) is 24.3 Å². The molecule has 0 amide bonds. The molecule has 3 heteroatoms. The highest BCUT2D eigenvalue weighted by atomic mass is 16.5. The number of nitrogens with one attached hydrogen (secondary N) is 1. The van der Waals surface area contributed by atoms with Gasteiger partial charge in [-0.3, -0.25) is 0 Å². The van der Waals surface area contributed by atoms with Crippen molar-refractivity contribution >= 4 is 0 Å². The van der Waals surface area contributed by atoms with E-state index in [0.717, 1.165) is 30.7 Å². The van der Waals surface area contributed by atoms with Gasteiger partial charge in [-0.15, -0.1) is 0 Å². The largest absolute Gasteiger partial charge is 0.497 e. The van der Waals surface area contributed by atoms with Gasteiger partial charge in [0.25, 0.3) is 0 Å². The summed E-state index contributed by atoms with van der Waals surface area (Å²) in [6.45, 7) is 8.06. The predicted octanol–water partition coefficient (Wildman–Crippen LogP) is 3.38. The molecule has 0 heterocycles. The maximum atomic E-state index is 6.00. The summed E-state index contributed by atoms with van der Waals surface area (Å²) in [4.78, 5) is 0. The first kappa shape index (κ1) is 16.0. The fourth-order valence-corrected chi connectivity index (χ4v) is 1.91. The second-order valence-electron chi connectivity index (χ2n) is 5.14.